The van der Waals surface area contributed by atoms with E-state index in [2.05, 4.69) is 12.1 Å². The monoisotopic (exact) mass is 414 g/mol. The van der Waals surface area contributed by atoms with E-state index in [0.29, 0.717) is 31.0 Å². The maximum Gasteiger partial charge on any atom is 0.243 e. The smallest absolute Gasteiger partial charge is 0.243 e. The van der Waals surface area contributed by atoms with E-state index < -0.39 is 10.0 Å². The Kier molecular flexibility index (Phi) is 6.75. The number of hydrogen-bond donors (Lipinski definition) is 0. The third-order valence-electron chi connectivity index (χ3n) is 5.76. The summed E-state index contributed by atoms with van der Waals surface area (Å²) >= 11 is 0. The van der Waals surface area contributed by atoms with Gasteiger partial charge in [-0.1, -0.05) is 50.2 Å². The Labute approximate surface area is 174 Å². The fourth-order valence-corrected chi connectivity index (χ4v) is 5.57. The molecule has 2 aromatic rings. The van der Waals surface area contributed by atoms with Crippen molar-refractivity contribution in [3.8, 4) is 0 Å². The number of nitrogens with zero attached hydrogens (tertiary/aromatic N) is 2. The van der Waals surface area contributed by atoms with Crippen molar-refractivity contribution in [2.45, 2.75) is 43.9 Å². The number of benzene rings is 2. The molecule has 2 aromatic carbocycles. The predicted molar refractivity (Wildman–Crippen MR) is 115 cm³/mol. The Bertz CT molecular complexity index is 953. The molecule has 1 saturated heterocycles. The van der Waals surface area contributed by atoms with Crippen molar-refractivity contribution < 1.29 is 13.2 Å². The van der Waals surface area contributed by atoms with E-state index in [0.717, 1.165) is 24.0 Å². The summed E-state index contributed by atoms with van der Waals surface area (Å²) in [5.74, 6) is 0.257. The van der Waals surface area contributed by atoms with Crippen molar-refractivity contribution >= 4 is 15.9 Å². The van der Waals surface area contributed by atoms with Gasteiger partial charge in [-0.2, -0.15) is 4.31 Å². The van der Waals surface area contributed by atoms with Gasteiger partial charge >= 0.3 is 0 Å². The van der Waals surface area contributed by atoms with Crippen LogP contribution in [0.4, 0.5) is 0 Å². The molecule has 6 heteroatoms. The van der Waals surface area contributed by atoms with Crippen LogP contribution in [0.5, 0.6) is 0 Å². The van der Waals surface area contributed by atoms with Gasteiger partial charge in [0.2, 0.25) is 15.9 Å². The molecule has 0 N–H and O–H groups in total. The average molecular weight is 415 g/mol. The van der Waals surface area contributed by atoms with Crippen LogP contribution < -0.4 is 0 Å². The summed E-state index contributed by atoms with van der Waals surface area (Å²) < 4.78 is 27.5. The van der Waals surface area contributed by atoms with Gasteiger partial charge in [-0.25, -0.2) is 8.42 Å². The Hall–Kier alpha value is -2.18. The molecule has 1 amide bonds. The number of amides is 1. The van der Waals surface area contributed by atoms with Crippen molar-refractivity contribution in [3.05, 3.63) is 65.2 Å². The topological polar surface area (TPSA) is 57.7 Å². The SMILES string of the molecule is CCN(CC)S(=O)(=O)c1ccc(C2CC(=O)N(C)C2)c(CCc2ccccc2)c1. The van der Waals surface area contributed by atoms with Gasteiger partial charge in [0, 0.05) is 39.0 Å². The second-order valence-electron chi connectivity index (χ2n) is 7.61. The fraction of sp³-hybridized carbons (Fsp3) is 0.435. The molecule has 0 spiro atoms. The first kappa shape index (κ1) is 21.5. The van der Waals surface area contributed by atoms with Gasteiger partial charge in [0.1, 0.15) is 0 Å². The summed E-state index contributed by atoms with van der Waals surface area (Å²) in [6.45, 7) is 5.28. The van der Waals surface area contributed by atoms with Crippen molar-refractivity contribution in [2.75, 3.05) is 26.7 Å². The van der Waals surface area contributed by atoms with Gasteiger partial charge in [0.05, 0.1) is 4.90 Å². The van der Waals surface area contributed by atoms with E-state index in [9.17, 15) is 13.2 Å². The number of likely N-dealkylation sites (N-methyl/N-ethyl adjacent to an activating group) is 1. The molecule has 3 rings (SSSR count). The third-order valence-corrected chi connectivity index (χ3v) is 7.81. The van der Waals surface area contributed by atoms with Crippen LogP contribution in [0.2, 0.25) is 0 Å². The molecule has 1 unspecified atom stereocenters. The summed E-state index contributed by atoms with van der Waals surface area (Å²) in [5, 5.41) is 0. The molecule has 1 aliphatic heterocycles. The molecule has 0 bridgehead atoms. The Balaban J connectivity index is 1.96. The Morgan fingerprint density at radius 2 is 1.72 bits per heavy atom. The number of likely N-dealkylation sites (tertiary alicyclic amines) is 1. The van der Waals surface area contributed by atoms with Crippen molar-refractivity contribution in [3.63, 3.8) is 0 Å². The standard InChI is InChI=1S/C23H30N2O3S/c1-4-25(5-2)29(27,28)21-13-14-22(20-16-23(26)24(3)17-20)19(15-21)12-11-18-9-7-6-8-10-18/h6-10,13-15,20H,4-5,11-12,16-17H2,1-3H3. The van der Waals surface area contributed by atoms with Gasteiger partial charge in [0.25, 0.3) is 0 Å². The van der Waals surface area contributed by atoms with E-state index in [-0.39, 0.29) is 11.8 Å². The van der Waals surface area contributed by atoms with Crippen LogP contribution in [0.1, 0.15) is 42.9 Å². The number of carbonyl (C=O) groups is 1. The van der Waals surface area contributed by atoms with E-state index in [4.69, 9.17) is 0 Å². The predicted octanol–water partition coefficient (Wildman–Crippen LogP) is 3.45. The first-order valence-electron chi connectivity index (χ1n) is 10.3. The molecule has 0 radical (unpaired) electrons. The Morgan fingerprint density at radius 3 is 2.31 bits per heavy atom. The number of sulfonamides is 1. The minimum Gasteiger partial charge on any atom is -0.345 e. The first-order chi connectivity index (χ1) is 13.9. The summed E-state index contributed by atoms with van der Waals surface area (Å²) in [6.07, 6.45) is 2.06. The van der Waals surface area contributed by atoms with Gasteiger partial charge in [-0.3, -0.25) is 4.79 Å². The highest BCUT2D eigenvalue weighted by atomic mass is 32.2. The van der Waals surface area contributed by atoms with Crippen LogP contribution in [0.25, 0.3) is 0 Å². The zero-order valence-corrected chi connectivity index (χ0v) is 18.3. The highest BCUT2D eigenvalue weighted by molar-refractivity contribution is 7.89. The van der Waals surface area contributed by atoms with Crippen LogP contribution in [-0.4, -0.2) is 50.2 Å². The summed E-state index contributed by atoms with van der Waals surface area (Å²) in [6, 6.07) is 15.7. The van der Waals surface area contributed by atoms with Crippen LogP contribution >= 0.6 is 0 Å². The quantitative estimate of drug-likeness (QED) is 0.665. The van der Waals surface area contributed by atoms with Gasteiger partial charge < -0.3 is 4.90 Å². The van der Waals surface area contributed by atoms with Crippen LogP contribution in [0, 0.1) is 0 Å². The van der Waals surface area contributed by atoms with E-state index in [1.165, 1.54) is 9.87 Å². The molecule has 0 aliphatic carbocycles. The van der Waals surface area contributed by atoms with Crippen LogP contribution in [-0.2, 0) is 27.7 Å². The molecule has 1 aliphatic rings. The van der Waals surface area contributed by atoms with Crippen LogP contribution in [0.3, 0.4) is 0 Å². The Morgan fingerprint density at radius 1 is 1.03 bits per heavy atom. The number of carbonyl (C=O) groups excluding carboxylic acids is 1. The molecule has 1 atom stereocenters. The lowest BCUT2D eigenvalue weighted by Crippen LogP contribution is -2.30. The largest absolute Gasteiger partial charge is 0.345 e. The maximum atomic E-state index is 13.0. The van der Waals surface area contributed by atoms with E-state index in [1.54, 1.807) is 11.0 Å². The normalized spacial score (nSPS) is 17.3. The van der Waals surface area contributed by atoms with Gasteiger partial charge in [-0.15, -0.1) is 0 Å². The average Bonchev–Trinajstić information content (AvgIpc) is 3.06. The zero-order chi connectivity index (χ0) is 21.0. The minimum absolute atomic E-state index is 0.114. The summed E-state index contributed by atoms with van der Waals surface area (Å²) in [7, 11) is -1.69. The molecule has 156 valence electrons. The minimum atomic E-state index is -3.51. The fourth-order valence-electron chi connectivity index (χ4n) is 4.07. The maximum absolute atomic E-state index is 13.0. The number of hydrogen-bond acceptors (Lipinski definition) is 3. The third kappa shape index (κ3) is 4.70. The molecule has 5 nitrogen and oxygen atoms in total. The second kappa shape index (κ2) is 9.09. The molecule has 0 saturated carbocycles. The van der Waals surface area contributed by atoms with Gasteiger partial charge in [-0.05, 0) is 41.7 Å². The molecular formula is C23H30N2O3S. The molecule has 29 heavy (non-hydrogen) atoms. The highest BCUT2D eigenvalue weighted by Crippen LogP contribution is 2.32. The van der Waals surface area contributed by atoms with Crippen LogP contribution in [0.15, 0.2) is 53.4 Å². The lowest BCUT2D eigenvalue weighted by Gasteiger charge is -2.21. The second-order valence-corrected chi connectivity index (χ2v) is 9.55. The van der Waals surface area contributed by atoms with Crippen molar-refractivity contribution in [2.24, 2.45) is 0 Å². The van der Waals surface area contributed by atoms with Gasteiger partial charge in [0.15, 0.2) is 0 Å². The molecule has 1 fully saturated rings. The molecule has 1 heterocycles. The number of aryl methyl sites for hydroxylation is 2. The molecular weight excluding hydrogens is 384 g/mol. The lowest BCUT2D eigenvalue weighted by atomic mass is 9.90. The summed E-state index contributed by atoms with van der Waals surface area (Å²) in [5.41, 5.74) is 3.34. The van der Waals surface area contributed by atoms with Crippen molar-refractivity contribution in [1.82, 2.24) is 9.21 Å². The van der Waals surface area contributed by atoms with E-state index in [1.807, 2.05) is 51.2 Å². The lowest BCUT2D eigenvalue weighted by molar-refractivity contribution is -0.126. The number of rotatable bonds is 8. The van der Waals surface area contributed by atoms with E-state index >= 15 is 0 Å². The highest BCUT2D eigenvalue weighted by Gasteiger charge is 2.30. The zero-order valence-electron chi connectivity index (χ0n) is 17.5. The summed E-state index contributed by atoms with van der Waals surface area (Å²) in [4.78, 5) is 14.2. The van der Waals surface area contributed by atoms with Crippen molar-refractivity contribution in [1.29, 1.82) is 0 Å². The first-order valence-corrected chi connectivity index (χ1v) is 11.7. The molecule has 0 aromatic heterocycles.